The number of carbonyl (C=O) groups excluding carboxylic acids is 3. The highest BCUT2D eigenvalue weighted by Gasteiger charge is 2.70. The zero-order valence-corrected chi connectivity index (χ0v) is 33.7. The molecule has 3 aliphatic rings. The number of esters is 1. The molecule has 1 amide bonds. The zero-order valence-electron chi connectivity index (χ0n) is 33.7. The summed E-state index contributed by atoms with van der Waals surface area (Å²) in [6, 6.07) is 7.20. The van der Waals surface area contributed by atoms with Crippen LogP contribution in [0.25, 0.3) is 0 Å². The molecular weight excluding hydrogens is 716 g/mol. The monoisotopic (exact) mass is 780 g/mol. The molecular formula is C40H64N2O13. The Morgan fingerprint density at radius 2 is 1.65 bits per heavy atom. The highest BCUT2D eigenvalue weighted by molar-refractivity contribution is 5.84. The molecule has 2 aliphatic heterocycles. The molecule has 15 heteroatoms. The van der Waals surface area contributed by atoms with Crippen LogP contribution in [0.2, 0.25) is 0 Å². The summed E-state index contributed by atoms with van der Waals surface area (Å²) in [5.74, 6) is -5.00. The topological polar surface area (TPSA) is 214 Å². The number of nitrogens with one attached hydrogen (secondary N) is 1. The summed E-state index contributed by atoms with van der Waals surface area (Å²) in [5, 5.41) is 54.6. The molecule has 312 valence electrons. The minimum Gasteiger partial charge on any atom is -0.494 e. The van der Waals surface area contributed by atoms with Gasteiger partial charge in [-0.15, -0.1) is 0 Å². The van der Waals surface area contributed by atoms with Crippen LogP contribution in [0.5, 0.6) is 5.75 Å². The molecule has 0 radical (unpaired) electrons. The van der Waals surface area contributed by atoms with Gasteiger partial charge in [0.1, 0.15) is 29.3 Å². The maximum absolute atomic E-state index is 13.8. The highest BCUT2D eigenvalue weighted by Crippen LogP contribution is 2.51. The van der Waals surface area contributed by atoms with Crippen molar-refractivity contribution in [1.82, 2.24) is 10.4 Å². The smallest absolute Gasteiger partial charge is 0.311 e. The van der Waals surface area contributed by atoms with Crippen molar-refractivity contribution in [3.8, 4) is 5.75 Å². The Labute approximate surface area is 324 Å². The molecule has 2 saturated heterocycles. The zero-order chi connectivity index (χ0) is 41.0. The summed E-state index contributed by atoms with van der Waals surface area (Å²) in [6.07, 6.45) is -5.45. The van der Waals surface area contributed by atoms with E-state index in [0.717, 1.165) is 5.56 Å². The number of nitrogens with zero attached hydrogens (tertiary/aromatic N) is 1. The molecule has 1 aliphatic carbocycles. The number of benzene rings is 1. The van der Waals surface area contributed by atoms with Gasteiger partial charge in [-0.1, -0.05) is 39.8 Å². The van der Waals surface area contributed by atoms with Gasteiger partial charge >= 0.3 is 5.97 Å². The van der Waals surface area contributed by atoms with Gasteiger partial charge in [0, 0.05) is 49.8 Å². The van der Waals surface area contributed by atoms with Gasteiger partial charge in [0.15, 0.2) is 6.29 Å². The quantitative estimate of drug-likeness (QED) is 0.0778. The molecule has 0 aromatic heterocycles. The molecule has 1 aromatic rings. The fraction of sp³-hybridized carbons (Fsp3) is 0.775. The molecule has 55 heavy (non-hydrogen) atoms. The van der Waals surface area contributed by atoms with E-state index in [-0.39, 0.29) is 24.7 Å². The van der Waals surface area contributed by atoms with Crippen LogP contribution in [-0.4, -0.2) is 129 Å². The van der Waals surface area contributed by atoms with Crippen LogP contribution in [0.4, 0.5) is 0 Å². The van der Waals surface area contributed by atoms with Crippen molar-refractivity contribution in [3.63, 3.8) is 0 Å². The molecule has 3 unspecified atom stereocenters. The van der Waals surface area contributed by atoms with Gasteiger partial charge in [-0.25, -0.2) is 5.48 Å². The minimum absolute atomic E-state index is 0.0969. The van der Waals surface area contributed by atoms with Crippen molar-refractivity contribution in [1.29, 1.82) is 0 Å². The Hall–Kier alpha value is -2.73. The number of fused-ring (bicyclic) bond motifs is 1. The maximum atomic E-state index is 13.8. The van der Waals surface area contributed by atoms with Crippen molar-refractivity contribution in [3.05, 3.63) is 29.8 Å². The van der Waals surface area contributed by atoms with Crippen LogP contribution in [0, 0.1) is 29.6 Å². The highest BCUT2D eigenvalue weighted by atomic mass is 16.7. The first kappa shape index (κ1) is 45.0. The number of carbonyl (C=O) groups is 3. The lowest BCUT2D eigenvalue weighted by Crippen LogP contribution is -2.60. The third kappa shape index (κ3) is 10.1. The lowest BCUT2D eigenvalue weighted by Gasteiger charge is -2.48. The van der Waals surface area contributed by atoms with Crippen LogP contribution < -0.4 is 10.2 Å². The predicted molar refractivity (Wildman–Crippen MR) is 199 cm³/mol. The van der Waals surface area contributed by atoms with Gasteiger partial charge in [0.05, 0.1) is 42.5 Å². The Morgan fingerprint density at radius 3 is 2.27 bits per heavy atom. The second-order valence-corrected chi connectivity index (χ2v) is 16.5. The number of aliphatic hydroxyl groups is 4. The first-order chi connectivity index (χ1) is 25.8. The van der Waals surface area contributed by atoms with E-state index < -0.39 is 95.5 Å². The van der Waals surface area contributed by atoms with Crippen molar-refractivity contribution in [2.45, 2.75) is 147 Å². The lowest BCUT2D eigenvalue weighted by atomic mass is 9.75. The van der Waals surface area contributed by atoms with E-state index >= 15 is 0 Å². The van der Waals surface area contributed by atoms with Crippen LogP contribution in [0.15, 0.2) is 24.3 Å². The molecule has 15 atom stereocenters. The average Bonchev–Trinajstić information content (AvgIpc) is 3.69. The summed E-state index contributed by atoms with van der Waals surface area (Å²) >= 11 is 0. The van der Waals surface area contributed by atoms with Crippen molar-refractivity contribution >= 4 is 17.7 Å². The second kappa shape index (κ2) is 18.7. The van der Waals surface area contributed by atoms with Gasteiger partial charge in [0.25, 0.3) is 0 Å². The van der Waals surface area contributed by atoms with Crippen LogP contribution in [-0.2, 0) is 39.9 Å². The summed E-state index contributed by atoms with van der Waals surface area (Å²) in [5.41, 5.74) is -0.460. The molecule has 3 fully saturated rings. The third-order valence-electron chi connectivity index (χ3n) is 12.3. The van der Waals surface area contributed by atoms with Crippen molar-refractivity contribution in [2.24, 2.45) is 29.6 Å². The Morgan fingerprint density at radius 1 is 1.00 bits per heavy atom. The molecule has 15 nitrogen and oxygen atoms in total. The number of aliphatic hydroxyl groups excluding tert-OH is 3. The van der Waals surface area contributed by atoms with E-state index in [2.05, 4.69) is 0 Å². The number of hydrogen-bond acceptors (Lipinski definition) is 14. The number of methoxy groups -OCH3 is 1. The third-order valence-corrected chi connectivity index (χ3v) is 12.3. The molecule has 1 aromatic carbocycles. The fourth-order valence-corrected chi connectivity index (χ4v) is 8.48. The van der Waals surface area contributed by atoms with Crippen molar-refractivity contribution < 1.29 is 63.7 Å². The van der Waals surface area contributed by atoms with Gasteiger partial charge in [-0.2, -0.15) is 0 Å². The van der Waals surface area contributed by atoms with Crippen molar-refractivity contribution in [2.75, 3.05) is 20.8 Å². The van der Waals surface area contributed by atoms with Gasteiger partial charge in [0.2, 0.25) is 5.91 Å². The first-order valence-corrected chi connectivity index (χ1v) is 19.5. The number of likely N-dealkylation sites (N-methyl/N-ethyl adjacent to an activating group) is 1. The summed E-state index contributed by atoms with van der Waals surface area (Å²) in [7, 11) is 3.37. The molecule has 2 heterocycles. The number of ether oxygens (including phenoxy) is 5. The van der Waals surface area contributed by atoms with Crippen LogP contribution in [0.3, 0.4) is 0 Å². The number of hydroxylamine groups is 1. The standard InChI is InChI=1S/C40H64N2O13/c1-21-19-39(7,51-9)35(24(4)32(45)25(5)37(48)54-36-26(6)40(36,49)34(47)23(3)31(21)44)55-38-33(46)29(18-22(2)53-38)42(8)20-27-13-15-28(16-14-27)52-17-11-10-12-30(43)41-50/h13-16,21-26,29,32-36,38,45-47,49-50H,10-12,17-20H2,1-9H3,(H,41,43)/t21-,22-,23+,24+,25-,26?,29+,32-,33-,34-,35-,36?,38?,39+,40+/m1/s1. The number of Topliss-reactive ketones (excluding diaryl/α,β-unsaturated/α-hetero) is 1. The van der Waals surface area contributed by atoms with Crippen LogP contribution >= 0.6 is 0 Å². The minimum atomic E-state index is -1.79. The molecule has 1 saturated carbocycles. The number of hydrogen-bond donors (Lipinski definition) is 6. The lowest BCUT2D eigenvalue weighted by molar-refractivity contribution is -0.302. The summed E-state index contributed by atoms with van der Waals surface area (Å²) in [6.45, 7) is 12.7. The largest absolute Gasteiger partial charge is 0.494 e. The van der Waals surface area contributed by atoms with E-state index in [1.54, 1.807) is 40.1 Å². The maximum Gasteiger partial charge on any atom is 0.311 e. The summed E-state index contributed by atoms with van der Waals surface area (Å²) < 4.78 is 30.4. The summed E-state index contributed by atoms with van der Waals surface area (Å²) in [4.78, 5) is 40.3. The number of rotatable bonds is 12. The van der Waals surface area contributed by atoms with Gasteiger partial charge in [-0.3, -0.25) is 24.5 Å². The molecule has 0 bridgehead atoms. The Bertz CT molecular complexity index is 1450. The SMILES string of the molecule is CO[C@@]1(C)C[C@@H](C)C(=O)[C@H](C)[C@@H](O)[C@@]2(O)C(C)C2OC(=O)[C@H](C)[C@H](O)[C@H](C)[C@H]1OC1O[C@H](C)C[C@H](N(C)Cc2ccc(OCCCCC(=O)NO)cc2)[C@H]1O. The Kier molecular flexibility index (Phi) is 15.3. The molecule has 0 spiro atoms. The van der Waals surface area contributed by atoms with Gasteiger partial charge < -0.3 is 44.1 Å². The first-order valence-electron chi connectivity index (χ1n) is 19.5. The number of ketones is 1. The van der Waals surface area contributed by atoms with E-state index in [9.17, 15) is 34.8 Å². The fourth-order valence-electron chi connectivity index (χ4n) is 8.48. The normalized spacial score (nSPS) is 40.2. The Balaban J connectivity index is 1.52. The van der Waals surface area contributed by atoms with E-state index in [1.807, 2.05) is 43.1 Å². The second-order valence-electron chi connectivity index (χ2n) is 16.5. The number of amides is 1. The average molecular weight is 781 g/mol. The van der Waals surface area contributed by atoms with Gasteiger partial charge in [-0.05, 0) is 71.2 Å². The number of unbranched alkanes of at least 4 members (excludes halogenated alkanes) is 1. The molecule has 6 N–H and O–H groups in total. The van der Waals surface area contributed by atoms with E-state index in [1.165, 1.54) is 14.0 Å². The van der Waals surface area contributed by atoms with E-state index in [4.69, 9.17) is 28.9 Å². The molecule has 4 rings (SSSR count). The van der Waals surface area contributed by atoms with Crippen LogP contribution in [0.1, 0.15) is 86.1 Å². The predicted octanol–water partition coefficient (Wildman–Crippen LogP) is 2.36. The van der Waals surface area contributed by atoms with E-state index in [0.29, 0.717) is 38.2 Å².